The molecule has 182 valence electrons. The van der Waals surface area contributed by atoms with Gasteiger partial charge in [-0.15, -0.1) is 0 Å². The fourth-order valence-corrected chi connectivity index (χ4v) is 6.28. The van der Waals surface area contributed by atoms with Crippen molar-refractivity contribution in [1.82, 2.24) is 8.61 Å². The van der Waals surface area contributed by atoms with Gasteiger partial charge in [0.25, 0.3) is 0 Å². The number of rotatable bonds is 10. The first kappa shape index (κ1) is 26.0. The second-order valence-electron chi connectivity index (χ2n) is 7.59. The van der Waals surface area contributed by atoms with Crippen molar-refractivity contribution in [2.75, 3.05) is 13.1 Å². The third kappa shape index (κ3) is 5.87. The number of benzene rings is 3. The van der Waals surface area contributed by atoms with E-state index in [0.717, 1.165) is 35.4 Å². The molecule has 0 unspecified atom stereocenters. The first-order valence-corrected chi connectivity index (χ1v) is 13.5. The molecule has 0 saturated heterocycles. The van der Waals surface area contributed by atoms with Crippen molar-refractivity contribution in [2.24, 2.45) is 0 Å². The molecule has 0 fully saturated rings. The van der Waals surface area contributed by atoms with Gasteiger partial charge in [0.2, 0.25) is 20.0 Å². The maximum absolute atomic E-state index is 13.2. The summed E-state index contributed by atoms with van der Waals surface area (Å²) in [7, 11) is -7.60. The second-order valence-corrected chi connectivity index (χ2v) is 11.5. The highest BCUT2D eigenvalue weighted by Gasteiger charge is 2.25. The van der Waals surface area contributed by atoms with E-state index >= 15 is 0 Å². The molecule has 6 nitrogen and oxygen atoms in total. The number of halogens is 2. The van der Waals surface area contributed by atoms with Crippen LogP contribution in [-0.2, 0) is 33.1 Å². The number of sulfonamides is 2. The highest BCUT2D eigenvalue weighted by Crippen LogP contribution is 2.21. The third-order valence-corrected chi connectivity index (χ3v) is 9.22. The van der Waals surface area contributed by atoms with E-state index in [-0.39, 0.29) is 36.0 Å². The normalized spacial score (nSPS) is 12.4. The predicted octanol–water partition coefficient (Wildman–Crippen LogP) is 4.39. The Morgan fingerprint density at radius 3 is 1.12 bits per heavy atom. The maximum atomic E-state index is 13.2. The van der Waals surface area contributed by atoms with Gasteiger partial charge in [-0.25, -0.2) is 25.6 Å². The molecule has 0 spiro atoms. The zero-order valence-corrected chi connectivity index (χ0v) is 20.5. The molecule has 0 aliphatic heterocycles. The average molecular weight is 509 g/mol. The lowest BCUT2D eigenvalue weighted by atomic mass is 10.1. The lowest BCUT2D eigenvalue weighted by Gasteiger charge is -2.22. The average Bonchev–Trinajstić information content (AvgIpc) is 2.82. The lowest BCUT2D eigenvalue weighted by Crippen LogP contribution is -2.31. The van der Waals surface area contributed by atoms with E-state index in [1.165, 1.54) is 32.9 Å². The first-order chi connectivity index (χ1) is 16.1. The third-order valence-electron chi connectivity index (χ3n) is 5.35. The fraction of sp³-hybridized carbons (Fsp3) is 0.250. The molecule has 34 heavy (non-hydrogen) atoms. The van der Waals surface area contributed by atoms with Crippen LogP contribution < -0.4 is 0 Å². The Hall–Kier alpha value is -2.66. The molecule has 10 heteroatoms. The zero-order chi connectivity index (χ0) is 24.9. The van der Waals surface area contributed by atoms with Gasteiger partial charge in [0.05, 0.1) is 9.79 Å². The van der Waals surface area contributed by atoms with Crippen LogP contribution in [0.3, 0.4) is 0 Å². The molecule has 0 atom stereocenters. The summed E-state index contributed by atoms with van der Waals surface area (Å²) in [4.78, 5) is 0.0221. The highest BCUT2D eigenvalue weighted by atomic mass is 32.2. The van der Waals surface area contributed by atoms with Gasteiger partial charge in [-0.3, -0.25) is 0 Å². The molecule has 0 aliphatic rings. The number of hydrogen-bond acceptors (Lipinski definition) is 4. The second kappa shape index (κ2) is 10.7. The van der Waals surface area contributed by atoms with Crippen LogP contribution in [0.4, 0.5) is 8.78 Å². The predicted molar refractivity (Wildman–Crippen MR) is 126 cm³/mol. The van der Waals surface area contributed by atoms with E-state index < -0.39 is 31.7 Å². The lowest BCUT2D eigenvalue weighted by molar-refractivity contribution is 0.420. The van der Waals surface area contributed by atoms with Crippen molar-refractivity contribution in [1.29, 1.82) is 0 Å². The maximum Gasteiger partial charge on any atom is 0.243 e. The molecule has 0 radical (unpaired) electrons. The molecular formula is C24H26F2N2O4S2. The summed E-state index contributed by atoms with van der Waals surface area (Å²) in [6, 6.07) is 16.3. The summed E-state index contributed by atoms with van der Waals surface area (Å²) < 4.78 is 80.5. The van der Waals surface area contributed by atoms with Gasteiger partial charge in [-0.2, -0.15) is 8.61 Å². The van der Waals surface area contributed by atoms with Crippen molar-refractivity contribution >= 4 is 20.0 Å². The minimum Gasteiger partial charge on any atom is -0.207 e. The minimum absolute atomic E-state index is 0.0111. The molecular weight excluding hydrogens is 482 g/mol. The Labute approximate surface area is 199 Å². The molecule has 0 saturated carbocycles. The van der Waals surface area contributed by atoms with E-state index in [0.29, 0.717) is 0 Å². The summed E-state index contributed by atoms with van der Waals surface area (Å²) in [5, 5.41) is 0. The van der Waals surface area contributed by atoms with Gasteiger partial charge in [0.15, 0.2) is 0 Å². The van der Waals surface area contributed by atoms with Crippen LogP contribution in [0, 0.1) is 11.6 Å². The molecule has 3 rings (SSSR count). The van der Waals surface area contributed by atoms with Gasteiger partial charge in [-0.05, 0) is 59.7 Å². The van der Waals surface area contributed by atoms with Crippen LogP contribution in [0.25, 0.3) is 0 Å². The van der Waals surface area contributed by atoms with Crippen molar-refractivity contribution in [3.63, 3.8) is 0 Å². The van der Waals surface area contributed by atoms with E-state index in [9.17, 15) is 25.6 Å². The van der Waals surface area contributed by atoms with Crippen LogP contribution in [0.1, 0.15) is 25.0 Å². The molecule has 3 aromatic rings. The van der Waals surface area contributed by atoms with E-state index in [2.05, 4.69) is 0 Å². The summed E-state index contributed by atoms with van der Waals surface area (Å²) in [5.74, 6) is -1.03. The molecule has 0 aromatic heterocycles. The van der Waals surface area contributed by atoms with Gasteiger partial charge in [0.1, 0.15) is 11.6 Å². The summed E-state index contributed by atoms with van der Waals surface area (Å²) in [6.45, 7) is 4.11. The van der Waals surface area contributed by atoms with Crippen molar-refractivity contribution in [3.05, 3.63) is 95.6 Å². The van der Waals surface area contributed by atoms with Crippen LogP contribution in [0.2, 0.25) is 0 Å². The van der Waals surface area contributed by atoms with Crippen LogP contribution in [0.5, 0.6) is 0 Å². The van der Waals surface area contributed by atoms with Crippen molar-refractivity contribution in [2.45, 2.75) is 36.7 Å². The number of hydrogen-bond donors (Lipinski definition) is 0. The Bertz CT molecular complexity index is 1210. The topological polar surface area (TPSA) is 74.8 Å². The molecule has 0 bridgehead atoms. The molecule has 0 amide bonds. The summed E-state index contributed by atoms with van der Waals surface area (Å²) in [5.41, 5.74) is 1.45. The Kier molecular flexibility index (Phi) is 8.19. The fourth-order valence-electron chi connectivity index (χ4n) is 3.40. The molecule has 0 heterocycles. The standard InChI is InChI=1S/C24H26F2N2O4S2/c1-3-27(33(29,30)23-13-9-21(25)10-14-23)17-19-5-7-20(8-6-19)18-28(4-2)34(31,32)24-15-11-22(26)12-16-24/h5-16H,3-4,17-18H2,1-2H3. The van der Waals surface area contributed by atoms with Gasteiger partial charge in [0, 0.05) is 26.2 Å². The smallest absolute Gasteiger partial charge is 0.207 e. The van der Waals surface area contributed by atoms with E-state index in [1.807, 2.05) is 0 Å². The van der Waals surface area contributed by atoms with Crippen molar-refractivity contribution in [3.8, 4) is 0 Å². The Morgan fingerprint density at radius 1 is 0.559 bits per heavy atom. The summed E-state index contributed by atoms with van der Waals surface area (Å²) in [6.07, 6.45) is 0. The SMILES string of the molecule is CCN(Cc1ccc(CN(CC)S(=O)(=O)c2ccc(F)cc2)cc1)S(=O)(=O)c1ccc(F)cc1. The van der Waals surface area contributed by atoms with Crippen LogP contribution in [0.15, 0.2) is 82.6 Å². The largest absolute Gasteiger partial charge is 0.243 e. The van der Waals surface area contributed by atoms with Gasteiger partial charge >= 0.3 is 0 Å². The first-order valence-electron chi connectivity index (χ1n) is 10.7. The van der Waals surface area contributed by atoms with E-state index in [1.54, 1.807) is 38.1 Å². The monoisotopic (exact) mass is 508 g/mol. The quantitative estimate of drug-likeness (QED) is 0.407. The van der Waals surface area contributed by atoms with Crippen LogP contribution in [-0.4, -0.2) is 38.5 Å². The van der Waals surface area contributed by atoms with Gasteiger partial charge < -0.3 is 0 Å². The van der Waals surface area contributed by atoms with E-state index in [4.69, 9.17) is 0 Å². The van der Waals surface area contributed by atoms with Crippen molar-refractivity contribution < 1.29 is 25.6 Å². The zero-order valence-electron chi connectivity index (χ0n) is 18.9. The molecule has 0 N–H and O–H groups in total. The van der Waals surface area contributed by atoms with Crippen LogP contribution >= 0.6 is 0 Å². The molecule has 3 aromatic carbocycles. The summed E-state index contributed by atoms with van der Waals surface area (Å²) >= 11 is 0. The molecule has 0 aliphatic carbocycles. The number of nitrogens with zero attached hydrogens (tertiary/aromatic N) is 2. The minimum atomic E-state index is -3.80. The highest BCUT2D eigenvalue weighted by molar-refractivity contribution is 7.89. The Balaban J connectivity index is 1.74. The Morgan fingerprint density at radius 2 is 0.853 bits per heavy atom. The van der Waals surface area contributed by atoms with Gasteiger partial charge in [-0.1, -0.05) is 38.1 Å².